The minimum absolute atomic E-state index is 0.158. The van der Waals surface area contributed by atoms with Crippen LogP contribution in [0.25, 0.3) is 11.3 Å². The highest BCUT2D eigenvalue weighted by Gasteiger charge is 2.10. The van der Waals surface area contributed by atoms with Crippen LogP contribution in [-0.2, 0) is 6.54 Å². The monoisotopic (exact) mass is 425 g/mol. The van der Waals surface area contributed by atoms with E-state index in [0.29, 0.717) is 18.1 Å². The number of ether oxygens (including phenoxy) is 1. The van der Waals surface area contributed by atoms with Crippen molar-refractivity contribution in [3.05, 3.63) is 95.9 Å². The number of hydrogen-bond acceptors (Lipinski definition) is 6. The molecule has 1 amide bonds. The van der Waals surface area contributed by atoms with Gasteiger partial charge in [0.2, 0.25) is 5.95 Å². The number of rotatable bonds is 7. The first-order chi connectivity index (χ1) is 15.6. The van der Waals surface area contributed by atoms with E-state index in [1.54, 1.807) is 37.8 Å². The number of benzene rings is 2. The van der Waals surface area contributed by atoms with Crippen LogP contribution in [0.15, 0.2) is 79.3 Å². The molecule has 0 spiro atoms. The molecule has 0 aliphatic rings. The van der Waals surface area contributed by atoms with Crippen molar-refractivity contribution < 1.29 is 9.53 Å². The van der Waals surface area contributed by atoms with Gasteiger partial charge in [-0.15, -0.1) is 0 Å². The zero-order valence-electron chi connectivity index (χ0n) is 17.9. The fourth-order valence-electron chi connectivity index (χ4n) is 3.14. The zero-order chi connectivity index (χ0) is 22.3. The molecule has 160 valence electrons. The van der Waals surface area contributed by atoms with Gasteiger partial charge >= 0.3 is 0 Å². The summed E-state index contributed by atoms with van der Waals surface area (Å²) in [5, 5.41) is 6.18. The second-order valence-corrected chi connectivity index (χ2v) is 7.19. The lowest BCUT2D eigenvalue weighted by molar-refractivity contribution is 0.0951. The number of pyridine rings is 1. The first-order valence-corrected chi connectivity index (χ1v) is 10.1. The lowest BCUT2D eigenvalue weighted by Crippen LogP contribution is -2.22. The van der Waals surface area contributed by atoms with Gasteiger partial charge in [-0.05, 0) is 60.5 Å². The Morgan fingerprint density at radius 3 is 2.62 bits per heavy atom. The molecule has 2 heterocycles. The molecular formula is C25H23N5O2. The van der Waals surface area contributed by atoms with Gasteiger partial charge in [0.15, 0.2) is 0 Å². The third-order valence-corrected chi connectivity index (χ3v) is 4.97. The molecule has 7 heteroatoms. The number of nitrogens with one attached hydrogen (secondary N) is 2. The average molecular weight is 425 g/mol. The van der Waals surface area contributed by atoms with Gasteiger partial charge in [0.25, 0.3) is 5.91 Å². The van der Waals surface area contributed by atoms with Gasteiger partial charge in [0.05, 0.1) is 12.8 Å². The van der Waals surface area contributed by atoms with E-state index in [0.717, 1.165) is 33.8 Å². The number of carbonyl (C=O) groups excluding carboxylic acids is 1. The number of methoxy groups -OCH3 is 1. The average Bonchev–Trinajstić information content (AvgIpc) is 2.85. The molecule has 0 aliphatic heterocycles. The van der Waals surface area contributed by atoms with E-state index in [2.05, 4.69) is 25.6 Å². The molecule has 0 atom stereocenters. The maximum Gasteiger partial charge on any atom is 0.251 e. The minimum Gasteiger partial charge on any atom is -0.497 e. The van der Waals surface area contributed by atoms with Crippen molar-refractivity contribution in [3.8, 4) is 17.0 Å². The Labute approximate surface area is 186 Å². The SMILES string of the molecule is COc1ccc(CNC(=O)c2ccc(C)c(Nc3nccc(-c4cccnc4)n3)c2)cc1. The first kappa shape index (κ1) is 21.0. The van der Waals surface area contributed by atoms with E-state index >= 15 is 0 Å². The molecule has 0 saturated heterocycles. The van der Waals surface area contributed by atoms with Gasteiger partial charge in [-0.1, -0.05) is 18.2 Å². The standard InChI is InChI=1S/C25H23N5O2/c1-17-5-8-19(24(31)28-15-18-6-9-21(32-2)10-7-18)14-23(17)30-25-27-13-11-22(29-25)20-4-3-12-26-16-20/h3-14,16H,15H2,1-2H3,(H,28,31)(H,27,29,30). The van der Waals surface area contributed by atoms with Gasteiger partial charge in [0.1, 0.15) is 5.75 Å². The molecule has 0 radical (unpaired) electrons. The second kappa shape index (κ2) is 9.70. The van der Waals surface area contributed by atoms with Crippen molar-refractivity contribution in [2.24, 2.45) is 0 Å². The smallest absolute Gasteiger partial charge is 0.251 e. The molecule has 32 heavy (non-hydrogen) atoms. The van der Waals surface area contributed by atoms with Crippen molar-refractivity contribution in [2.45, 2.75) is 13.5 Å². The Morgan fingerprint density at radius 2 is 1.88 bits per heavy atom. The van der Waals surface area contributed by atoms with E-state index in [-0.39, 0.29) is 5.91 Å². The number of amides is 1. The van der Waals surface area contributed by atoms with E-state index in [1.165, 1.54) is 0 Å². The number of anilines is 2. The Morgan fingerprint density at radius 1 is 1.03 bits per heavy atom. The number of aromatic nitrogens is 3. The number of hydrogen-bond donors (Lipinski definition) is 2. The quantitative estimate of drug-likeness (QED) is 0.452. The molecule has 0 fully saturated rings. The summed E-state index contributed by atoms with van der Waals surface area (Å²) in [6, 6.07) is 18.7. The summed E-state index contributed by atoms with van der Waals surface area (Å²) in [7, 11) is 1.62. The second-order valence-electron chi connectivity index (χ2n) is 7.19. The highest BCUT2D eigenvalue weighted by Crippen LogP contribution is 2.22. The van der Waals surface area contributed by atoms with Crippen LogP contribution >= 0.6 is 0 Å². The largest absolute Gasteiger partial charge is 0.497 e. The van der Waals surface area contributed by atoms with Crippen molar-refractivity contribution in [1.82, 2.24) is 20.3 Å². The molecule has 0 bridgehead atoms. The third-order valence-electron chi connectivity index (χ3n) is 4.97. The van der Waals surface area contributed by atoms with Crippen molar-refractivity contribution in [1.29, 1.82) is 0 Å². The third kappa shape index (κ3) is 5.07. The molecule has 2 aromatic heterocycles. The predicted molar refractivity (Wildman–Crippen MR) is 124 cm³/mol. The summed E-state index contributed by atoms with van der Waals surface area (Å²) in [4.78, 5) is 25.7. The normalized spacial score (nSPS) is 10.4. The maximum atomic E-state index is 12.7. The van der Waals surface area contributed by atoms with Crippen LogP contribution in [-0.4, -0.2) is 28.0 Å². The van der Waals surface area contributed by atoms with E-state index < -0.39 is 0 Å². The first-order valence-electron chi connectivity index (χ1n) is 10.1. The summed E-state index contributed by atoms with van der Waals surface area (Å²) in [5.74, 6) is 1.07. The van der Waals surface area contributed by atoms with Gasteiger partial charge in [0, 0.05) is 41.9 Å². The van der Waals surface area contributed by atoms with E-state index in [4.69, 9.17) is 4.74 Å². The Hall–Kier alpha value is -4.26. The summed E-state index contributed by atoms with van der Waals surface area (Å²) in [6.07, 6.45) is 5.17. The van der Waals surface area contributed by atoms with E-state index in [1.807, 2.05) is 55.5 Å². The highest BCUT2D eigenvalue weighted by atomic mass is 16.5. The molecule has 4 rings (SSSR count). The van der Waals surface area contributed by atoms with Crippen molar-refractivity contribution in [2.75, 3.05) is 12.4 Å². The fraction of sp³-hybridized carbons (Fsp3) is 0.120. The van der Waals surface area contributed by atoms with Crippen molar-refractivity contribution in [3.63, 3.8) is 0 Å². The highest BCUT2D eigenvalue weighted by molar-refractivity contribution is 5.95. The Balaban J connectivity index is 1.47. The lowest BCUT2D eigenvalue weighted by atomic mass is 10.1. The van der Waals surface area contributed by atoms with Gasteiger partial charge in [-0.2, -0.15) is 0 Å². The van der Waals surface area contributed by atoms with Gasteiger partial charge in [-0.25, -0.2) is 9.97 Å². The molecule has 0 aliphatic carbocycles. The van der Waals surface area contributed by atoms with Gasteiger partial charge < -0.3 is 15.4 Å². The predicted octanol–water partition coefficient (Wildman–Crippen LogP) is 4.53. The minimum atomic E-state index is -0.158. The van der Waals surface area contributed by atoms with Crippen LogP contribution in [0.5, 0.6) is 5.75 Å². The molecule has 4 aromatic rings. The zero-order valence-corrected chi connectivity index (χ0v) is 17.9. The summed E-state index contributed by atoms with van der Waals surface area (Å²) in [6.45, 7) is 2.39. The lowest BCUT2D eigenvalue weighted by Gasteiger charge is -2.12. The summed E-state index contributed by atoms with van der Waals surface area (Å²) in [5.41, 5.74) is 4.96. The van der Waals surface area contributed by atoms with Crippen molar-refractivity contribution >= 4 is 17.5 Å². The maximum absolute atomic E-state index is 12.7. The topological polar surface area (TPSA) is 89.0 Å². The number of nitrogens with zero attached hydrogens (tertiary/aromatic N) is 3. The molecule has 0 unspecified atom stereocenters. The van der Waals surface area contributed by atoms with Crippen LogP contribution in [0.1, 0.15) is 21.5 Å². The molecule has 0 saturated carbocycles. The number of aryl methyl sites for hydroxylation is 1. The molecule has 7 nitrogen and oxygen atoms in total. The van der Waals surface area contributed by atoms with Gasteiger partial charge in [-0.3, -0.25) is 9.78 Å². The van der Waals surface area contributed by atoms with Crippen LogP contribution in [0, 0.1) is 6.92 Å². The molecule has 2 N–H and O–H groups in total. The molecule has 2 aromatic carbocycles. The van der Waals surface area contributed by atoms with Crippen LogP contribution in [0.3, 0.4) is 0 Å². The summed E-state index contributed by atoms with van der Waals surface area (Å²) < 4.78 is 5.16. The van der Waals surface area contributed by atoms with Crippen LogP contribution < -0.4 is 15.4 Å². The van der Waals surface area contributed by atoms with E-state index in [9.17, 15) is 4.79 Å². The van der Waals surface area contributed by atoms with Crippen LogP contribution in [0.4, 0.5) is 11.6 Å². The Bertz CT molecular complexity index is 1210. The molecular weight excluding hydrogens is 402 g/mol. The number of carbonyl (C=O) groups is 1. The Kier molecular flexibility index (Phi) is 6.36. The summed E-state index contributed by atoms with van der Waals surface area (Å²) >= 11 is 0. The fourth-order valence-corrected chi connectivity index (χ4v) is 3.14. The van der Waals surface area contributed by atoms with Crippen LogP contribution in [0.2, 0.25) is 0 Å².